The van der Waals surface area contributed by atoms with Crippen LogP contribution in [0, 0.1) is 0 Å². The maximum Gasteiger partial charge on any atom is 0.118 e. The molecule has 0 saturated heterocycles. The van der Waals surface area contributed by atoms with Crippen LogP contribution in [0.3, 0.4) is 0 Å². The van der Waals surface area contributed by atoms with Crippen molar-refractivity contribution in [2.75, 3.05) is 27.4 Å². The topological polar surface area (TPSA) is 26.6 Å². The lowest BCUT2D eigenvalue weighted by Crippen LogP contribution is -2.27. The van der Waals surface area contributed by atoms with Crippen molar-refractivity contribution in [3.63, 3.8) is 0 Å². The van der Waals surface area contributed by atoms with Gasteiger partial charge in [0.25, 0.3) is 0 Å². The molecule has 0 aliphatic rings. The van der Waals surface area contributed by atoms with E-state index in [0.29, 0.717) is 0 Å². The van der Waals surface area contributed by atoms with Crippen LogP contribution in [-0.4, -0.2) is 36.8 Å². The zero-order valence-corrected chi connectivity index (χ0v) is 16.2. The van der Waals surface area contributed by atoms with Crippen LogP contribution < -0.4 is 4.74 Å². The van der Waals surface area contributed by atoms with E-state index in [1.54, 1.807) is 14.2 Å². The van der Waals surface area contributed by atoms with E-state index in [9.17, 15) is 0 Å². The van der Waals surface area contributed by atoms with Crippen LogP contribution in [0.1, 0.15) is 16.8 Å². The van der Waals surface area contributed by atoms with E-state index >= 15 is 0 Å². The molecule has 0 aliphatic carbocycles. The van der Waals surface area contributed by atoms with Crippen molar-refractivity contribution in [1.29, 1.82) is 0 Å². The zero-order valence-electron chi connectivity index (χ0n) is 16.2. The number of hydrogen-bond acceptors (Lipinski definition) is 3. The minimum atomic E-state index is 0.718. The Bertz CT molecular complexity index is 797. The van der Waals surface area contributed by atoms with Crippen molar-refractivity contribution in [2.24, 2.45) is 0 Å². The van der Waals surface area contributed by atoms with Crippen LogP contribution in [0.25, 0.3) is 0 Å². The van der Waals surface area contributed by atoms with Crippen molar-refractivity contribution in [1.82, 2.24) is 9.47 Å². The monoisotopic (exact) mass is 364 g/mol. The maximum atomic E-state index is 5.32. The van der Waals surface area contributed by atoms with Gasteiger partial charge in [0, 0.05) is 45.2 Å². The fraction of sp³-hybridized carbons (Fsp3) is 0.304. The first-order valence-corrected chi connectivity index (χ1v) is 9.30. The van der Waals surface area contributed by atoms with Crippen LogP contribution in [0.4, 0.5) is 0 Å². The first-order valence-electron chi connectivity index (χ1n) is 9.30. The molecule has 0 unspecified atom stereocenters. The van der Waals surface area contributed by atoms with Gasteiger partial charge >= 0.3 is 0 Å². The molecule has 4 heteroatoms. The Hall–Kier alpha value is -2.56. The second kappa shape index (κ2) is 9.95. The van der Waals surface area contributed by atoms with Gasteiger partial charge in [-0.3, -0.25) is 4.90 Å². The quantitative estimate of drug-likeness (QED) is 0.540. The molecule has 2 aromatic carbocycles. The molecule has 1 heterocycles. The van der Waals surface area contributed by atoms with Gasteiger partial charge in [0.05, 0.1) is 13.7 Å². The normalized spacial score (nSPS) is 11.1. The molecule has 1 aromatic heterocycles. The highest BCUT2D eigenvalue weighted by Gasteiger charge is 2.10. The fourth-order valence-electron chi connectivity index (χ4n) is 3.18. The van der Waals surface area contributed by atoms with Gasteiger partial charge in [0.2, 0.25) is 0 Å². The lowest BCUT2D eigenvalue weighted by atomic mass is 10.2. The molecular formula is C23H28N2O2. The molecule has 0 fully saturated rings. The largest absolute Gasteiger partial charge is 0.497 e. The summed E-state index contributed by atoms with van der Waals surface area (Å²) in [5.74, 6) is 0.888. The third-order valence-corrected chi connectivity index (χ3v) is 4.68. The Labute approximate surface area is 162 Å². The summed E-state index contributed by atoms with van der Waals surface area (Å²) in [6.07, 6.45) is 2.16. The van der Waals surface area contributed by atoms with Crippen molar-refractivity contribution in [3.05, 3.63) is 89.7 Å². The van der Waals surface area contributed by atoms with Gasteiger partial charge in [-0.05, 0) is 35.4 Å². The lowest BCUT2D eigenvalue weighted by Gasteiger charge is -2.23. The van der Waals surface area contributed by atoms with E-state index in [4.69, 9.17) is 9.47 Å². The summed E-state index contributed by atoms with van der Waals surface area (Å²) >= 11 is 0. The minimum Gasteiger partial charge on any atom is -0.497 e. The van der Waals surface area contributed by atoms with Gasteiger partial charge in [-0.25, -0.2) is 0 Å². The number of methoxy groups -OCH3 is 2. The molecule has 0 spiro atoms. The van der Waals surface area contributed by atoms with Crippen molar-refractivity contribution in [3.8, 4) is 5.75 Å². The zero-order chi connectivity index (χ0) is 18.9. The summed E-state index contributed by atoms with van der Waals surface area (Å²) in [4.78, 5) is 2.42. The second-order valence-electron chi connectivity index (χ2n) is 6.66. The SMILES string of the molecule is COCCN(Cc1ccc(OC)cc1)Cc1cccn1Cc1ccccc1. The molecule has 0 saturated carbocycles. The summed E-state index contributed by atoms with van der Waals surface area (Å²) in [6.45, 7) is 4.26. The fourth-order valence-corrected chi connectivity index (χ4v) is 3.18. The van der Waals surface area contributed by atoms with Gasteiger partial charge in [-0.15, -0.1) is 0 Å². The summed E-state index contributed by atoms with van der Waals surface area (Å²) in [5.41, 5.74) is 3.89. The van der Waals surface area contributed by atoms with E-state index < -0.39 is 0 Å². The smallest absolute Gasteiger partial charge is 0.118 e. The molecule has 0 bridgehead atoms. The number of nitrogens with zero attached hydrogens (tertiary/aromatic N) is 2. The molecular weight excluding hydrogens is 336 g/mol. The number of ether oxygens (including phenoxy) is 2. The predicted octanol–water partition coefficient (Wildman–Crippen LogP) is 4.19. The summed E-state index contributed by atoms with van der Waals surface area (Å²) in [5, 5.41) is 0. The lowest BCUT2D eigenvalue weighted by molar-refractivity contribution is 0.138. The number of hydrogen-bond donors (Lipinski definition) is 0. The molecule has 142 valence electrons. The van der Waals surface area contributed by atoms with Gasteiger partial charge < -0.3 is 14.0 Å². The van der Waals surface area contributed by atoms with Crippen LogP contribution in [0.5, 0.6) is 5.75 Å². The molecule has 3 aromatic rings. The first kappa shape index (κ1) is 19.2. The number of benzene rings is 2. The third kappa shape index (κ3) is 5.71. The van der Waals surface area contributed by atoms with E-state index in [1.807, 2.05) is 12.1 Å². The van der Waals surface area contributed by atoms with Crippen LogP contribution in [0.15, 0.2) is 72.9 Å². The molecule has 0 aliphatic heterocycles. The molecule has 3 rings (SSSR count). The Balaban J connectivity index is 1.69. The van der Waals surface area contributed by atoms with Gasteiger partial charge in [0.15, 0.2) is 0 Å². The molecule has 0 N–H and O–H groups in total. The summed E-state index contributed by atoms with van der Waals surface area (Å²) in [7, 11) is 3.45. The molecule has 0 amide bonds. The Kier molecular flexibility index (Phi) is 7.08. The molecule has 0 atom stereocenters. The average molecular weight is 364 g/mol. The van der Waals surface area contributed by atoms with E-state index in [-0.39, 0.29) is 0 Å². The van der Waals surface area contributed by atoms with Crippen molar-refractivity contribution in [2.45, 2.75) is 19.6 Å². The summed E-state index contributed by atoms with van der Waals surface area (Å²) < 4.78 is 12.9. The second-order valence-corrected chi connectivity index (χ2v) is 6.66. The van der Waals surface area contributed by atoms with Gasteiger partial charge in [-0.1, -0.05) is 42.5 Å². The number of aromatic nitrogens is 1. The summed E-state index contributed by atoms with van der Waals surface area (Å²) in [6, 6.07) is 23.2. The highest BCUT2D eigenvalue weighted by Crippen LogP contribution is 2.16. The van der Waals surface area contributed by atoms with E-state index in [2.05, 4.69) is 70.3 Å². The number of rotatable bonds is 10. The van der Waals surface area contributed by atoms with Crippen LogP contribution in [-0.2, 0) is 24.4 Å². The standard InChI is InChI=1S/C23H28N2O2/c1-26-16-15-24(17-21-10-12-23(27-2)13-11-21)19-22-9-6-14-25(22)18-20-7-4-3-5-8-20/h3-14H,15-19H2,1-2H3. The van der Waals surface area contributed by atoms with E-state index in [1.165, 1.54) is 16.8 Å². The third-order valence-electron chi connectivity index (χ3n) is 4.68. The van der Waals surface area contributed by atoms with E-state index in [0.717, 1.165) is 38.5 Å². The molecule has 0 radical (unpaired) electrons. The van der Waals surface area contributed by atoms with Crippen LogP contribution in [0.2, 0.25) is 0 Å². The van der Waals surface area contributed by atoms with Crippen molar-refractivity contribution < 1.29 is 9.47 Å². The average Bonchev–Trinajstić information content (AvgIpc) is 3.14. The predicted molar refractivity (Wildman–Crippen MR) is 109 cm³/mol. The van der Waals surface area contributed by atoms with Gasteiger partial charge in [-0.2, -0.15) is 0 Å². The van der Waals surface area contributed by atoms with Gasteiger partial charge in [0.1, 0.15) is 5.75 Å². The minimum absolute atomic E-state index is 0.718. The molecule has 4 nitrogen and oxygen atoms in total. The Morgan fingerprint density at radius 1 is 0.815 bits per heavy atom. The Morgan fingerprint density at radius 2 is 1.59 bits per heavy atom. The maximum absolute atomic E-state index is 5.32. The van der Waals surface area contributed by atoms with Crippen LogP contribution >= 0.6 is 0 Å². The highest BCUT2D eigenvalue weighted by molar-refractivity contribution is 5.27. The van der Waals surface area contributed by atoms with Crippen molar-refractivity contribution >= 4 is 0 Å². The highest BCUT2D eigenvalue weighted by atomic mass is 16.5. The first-order chi connectivity index (χ1) is 13.3. The Morgan fingerprint density at radius 3 is 2.30 bits per heavy atom. The molecule has 27 heavy (non-hydrogen) atoms.